The normalized spacial score (nSPS) is 23.2. The molecule has 9 heteroatoms. The molecule has 2 fully saturated rings. The smallest absolute Gasteiger partial charge is 0.362 e. The summed E-state index contributed by atoms with van der Waals surface area (Å²) in [6, 6.07) is 8.82. The molecule has 1 amide bonds. The van der Waals surface area contributed by atoms with E-state index in [4.69, 9.17) is 11.6 Å². The van der Waals surface area contributed by atoms with Crippen molar-refractivity contribution in [1.82, 2.24) is 14.8 Å². The molecule has 2 bridgehead atoms. The van der Waals surface area contributed by atoms with Gasteiger partial charge in [-0.3, -0.25) is 14.7 Å². The van der Waals surface area contributed by atoms with Crippen LogP contribution in [0.2, 0.25) is 5.02 Å². The van der Waals surface area contributed by atoms with Gasteiger partial charge >= 0.3 is 6.18 Å². The van der Waals surface area contributed by atoms with Gasteiger partial charge in [-0.25, -0.2) is 0 Å². The van der Waals surface area contributed by atoms with Crippen molar-refractivity contribution in [1.29, 1.82) is 0 Å². The van der Waals surface area contributed by atoms with E-state index in [-0.39, 0.29) is 10.9 Å². The maximum absolute atomic E-state index is 13.2. The first-order valence-corrected chi connectivity index (χ1v) is 11.9. The molecular weight excluding hydrogens is 465 g/mol. The number of nitrogens with zero attached hydrogens (tertiary/aromatic N) is 4. The second-order valence-electron chi connectivity index (χ2n) is 9.21. The number of rotatable bonds is 4. The lowest BCUT2D eigenvalue weighted by Gasteiger charge is -2.42. The number of hydrogen-bond acceptors (Lipinski definition) is 4. The molecule has 2 saturated heterocycles. The van der Waals surface area contributed by atoms with E-state index in [2.05, 4.69) is 20.9 Å². The number of piperazine rings is 1. The van der Waals surface area contributed by atoms with Gasteiger partial charge in [0.15, 0.2) is 0 Å². The summed E-state index contributed by atoms with van der Waals surface area (Å²) in [7, 11) is 0. The number of benzene rings is 1. The molecule has 0 N–H and O–H groups in total. The fourth-order valence-corrected chi connectivity index (χ4v) is 5.66. The highest BCUT2D eigenvalue weighted by Crippen LogP contribution is 2.37. The highest BCUT2D eigenvalue weighted by molar-refractivity contribution is 6.31. The SMILES string of the molecule is O=C(CN1CC2CCC(C1)N2c1cccnc1)N1CC=C(c2ccc(Cl)c(C(F)(F)F)c2)CC1. The van der Waals surface area contributed by atoms with E-state index in [1.54, 1.807) is 17.2 Å². The van der Waals surface area contributed by atoms with Crippen LogP contribution in [-0.4, -0.2) is 65.5 Å². The Kier molecular flexibility index (Phi) is 6.29. The van der Waals surface area contributed by atoms with E-state index in [9.17, 15) is 18.0 Å². The van der Waals surface area contributed by atoms with Gasteiger partial charge in [-0.2, -0.15) is 13.2 Å². The predicted octanol–water partition coefficient (Wildman–Crippen LogP) is 4.72. The molecule has 3 aliphatic rings. The molecule has 0 aliphatic carbocycles. The van der Waals surface area contributed by atoms with E-state index in [0.29, 0.717) is 43.7 Å². The van der Waals surface area contributed by atoms with Crippen molar-refractivity contribution in [3.8, 4) is 0 Å². The Morgan fingerprint density at radius 3 is 2.53 bits per heavy atom. The average molecular weight is 491 g/mol. The minimum atomic E-state index is -4.50. The second kappa shape index (κ2) is 9.23. The van der Waals surface area contributed by atoms with Crippen molar-refractivity contribution in [3.05, 3.63) is 65.0 Å². The van der Waals surface area contributed by atoms with Gasteiger partial charge in [0.2, 0.25) is 5.91 Å². The molecule has 1 aromatic carbocycles. The minimum absolute atomic E-state index is 0.0663. The number of carbonyl (C=O) groups is 1. The fourth-order valence-electron chi connectivity index (χ4n) is 5.44. The van der Waals surface area contributed by atoms with Crippen LogP contribution in [0.4, 0.5) is 18.9 Å². The number of fused-ring (bicyclic) bond motifs is 2. The summed E-state index contributed by atoms with van der Waals surface area (Å²) in [4.78, 5) is 23.7. The van der Waals surface area contributed by atoms with Gasteiger partial charge in [0.05, 0.1) is 29.0 Å². The first-order valence-electron chi connectivity index (χ1n) is 11.5. The number of alkyl halides is 3. The number of carbonyl (C=O) groups excluding carboxylic acids is 1. The van der Waals surface area contributed by atoms with Crippen LogP contribution in [0.3, 0.4) is 0 Å². The van der Waals surface area contributed by atoms with Gasteiger partial charge in [0.1, 0.15) is 0 Å². The van der Waals surface area contributed by atoms with Crippen LogP contribution in [0.25, 0.3) is 5.57 Å². The minimum Gasteiger partial charge on any atom is -0.362 e. The third kappa shape index (κ3) is 4.66. The predicted molar refractivity (Wildman–Crippen MR) is 126 cm³/mol. The summed E-state index contributed by atoms with van der Waals surface area (Å²) in [6.45, 7) is 2.96. The number of amides is 1. The van der Waals surface area contributed by atoms with Gasteiger partial charge in [-0.15, -0.1) is 0 Å². The molecule has 0 spiro atoms. The van der Waals surface area contributed by atoms with Gasteiger partial charge in [-0.05, 0) is 54.7 Å². The van der Waals surface area contributed by atoms with Crippen molar-refractivity contribution in [2.45, 2.75) is 37.5 Å². The van der Waals surface area contributed by atoms with Crippen molar-refractivity contribution >= 4 is 28.8 Å². The molecule has 5 nitrogen and oxygen atoms in total. The summed E-state index contributed by atoms with van der Waals surface area (Å²) >= 11 is 5.74. The topological polar surface area (TPSA) is 39.7 Å². The molecule has 0 radical (unpaired) electrons. The Hall–Kier alpha value is -2.58. The molecule has 3 aliphatic heterocycles. The third-order valence-corrected chi connectivity index (χ3v) is 7.39. The van der Waals surface area contributed by atoms with Crippen LogP contribution in [0.15, 0.2) is 48.8 Å². The number of aromatic nitrogens is 1. The van der Waals surface area contributed by atoms with Crippen LogP contribution in [0.1, 0.15) is 30.4 Å². The molecule has 34 heavy (non-hydrogen) atoms. The van der Waals surface area contributed by atoms with Crippen LogP contribution >= 0.6 is 11.6 Å². The third-order valence-electron chi connectivity index (χ3n) is 7.07. The zero-order chi connectivity index (χ0) is 23.9. The molecule has 2 unspecified atom stereocenters. The summed E-state index contributed by atoms with van der Waals surface area (Å²) in [5, 5.41) is -0.304. The van der Waals surface area contributed by atoms with E-state index in [1.165, 1.54) is 6.07 Å². The maximum Gasteiger partial charge on any atom is 0.417 e. The summed E-state index contributed by atoms with van der Waals surface area (Å²) in [5.74, 6) is 0.0663. The Balaban J connectivity index is 1.20. The van der Waals surface area contributed by atoms with Crippen LogP contribution in [0.5, 0.6) is 0 Å². The highest BCUT2D eigenvalue weighted by atomic mass is 35.5. The van der Waals surface area contributed by atoms with E-state index < -0.39 is 11.7 Å². The first-order chi connectivity index (χ1) is 16.3. The lowest BCUT2D eigenvalue weighted by Crippen LogP contribution is -2.56. The van der Waals surface area contributed by atoms with Gasteiger partial charge in [-0.1, -0.05) is 23.7 Å². The van der Waals surface area contributed by atoms with E-state index in [1.807, 2.05) is 18.3 Å². The van der Waals surface area contributed by atoms with Crippen molar-refractivity contribution in [3.63, 3.8) is 0 Å². The second-order valence-corrected chi connectivity index (χ2v) is 9.62. The highest BCUT2D eigenvalue weighted by Gasteiger charge is 2.40. The Morgan fingerprint density at radius 1 is 1.15 bits per heavy atom. The molecule has 180 valence electrons. The number of likely N-dealkylation sites (tertiary alicyclic amines) is 1. The zero-order valence-corrected chi connectivity index (χ0v) is 19.4. The first kappa shape index (κ1) is 23.2. The Labute approximate surface area is 201 Å². The molecule has 1 aromatic heterocycles. The molecule has 0 saturated carbocycles. The largest absolute Gasteiger partial charge is 0.417 e. The monoisotopic (exact) mass is 490 g/mol. The Bertz CT molecular complexity index is 1080. The standard InChI is InChI=1S/C25H26ClF3N4O/c26-23-6-3-18(12-22(23)25(27,28)29)17-7-10-32(11-8-17)24(34)16-31-14-20-4-5-21(15-31)33(20)19-2-1-9-30-13-19/h1-3,6-7,9,12-13,20-21H,4-5,8,10-11,14-16H2. The van der Waals surface area contributed by atoms with E-state index >= 15 is 0 Å². The molecule has 5 rings (SSSR count). The van der Waals surface area contributed by atoms with Gasteiger partial charge in [0, 0.05) is 44.5 Å². The van der Waals surface area contributed by atoms with Crippen LogP contribution in [0, 0.1) is 0 Å². The maximum atomic E-state index is 13.2. The number of pyridine rings is 1. The lowest BCUT2D eigenvalue weighted by atomic mass is 9.97. The van der Waals surface area contributed by atoms with Gasteiger partial charge in [0.25, 0.3) is 0 Å². The lowest BCUT2D eigenvalue weighted by molar-refractivity contribution is -0.137. The summed E-state index contributed by atoms with van der Waals surface area (Å²) in [5.41, 5.74) is 1.64. The van der Waals surface area contributed by atoms with E-state index in [0.717, 1.165) is 43.3 Å². The number of hydrogen-bond donors (Lipinski definition) is 0. The van der Waals surface area contributed by atoms with Crippen LogP contribution < -0.4 is 4.90 Å². The summed E-state index contributed by atoms with van der Waals surface area (Å²) < 4.78 is 39.6. The Morgan fingerprint density at radius 2 is 1.91 bits per heavy atom. The molecule has 2 aromatic rings. The molecule has 2 atom stereocenters. The molecule has 4 heterocycles. The van der Waals surface area contributed by atoms with Crippen LogP contribution in [-0.2, 0) is 11.0 Å². The fraction of sp³-hybridized carbons (Fsp3) is 0.440. The van der Waals surface area contributed by atoms with Crippen molar-refractivity contribution in [2.75, 3.05) is 37.6 Å². The quantitative estimate of drug-likeness (QED) is 0.621. The summed E-state index contributed by atoms with van der Waals surface area (Å²) in [6.07, 6.45) is 3.79. The van der Waals surface area contributed by atoms with Gasteiger partial charge < -0.3 is 9.80 Å². The number of halogens is 4. The average Bonchev–Trinajstić information content (AvgIpc) is 3.09. The van der Waals surface area contributed by atoms with Crippen molar-refractivity contribution < 1.29 is 18.0 Å². The number of anilines is 1. The molecular formula is C25H26ClF3N4O. The van der Waals surface area contributed by atoms with Crippen molar-refractivity contribution in [2.24, 2.45) is 0 Å². The zero-order valence-electron chi connectivity index (χ0n) is 18.6.